The van der Waals surface area contributed by atoms with Crippen LogP contribution in [0.3, 0.4) is 0 Å². The molecule has 1 rings (SSSR count). The van der Waals surface area contributed by atoms with Crippen molar-refractivity contribution >= 4 is 0 Å². The van der Waals surface area contributed by atoms with E-state index in [0.717, 1.165) is 0 Å². The van der Waals surface area contributed by atoms with E-state index in [0.29, 0.717) is 19.5 Å². The van der Waals surface area contributed by atoms with Crippen LogP contribution in [-0.2, 0) is 9.47 Å². The second-order valence-corrected chi connectivity index (χ2v) is 2.25. The summed E-state index contributed by atoms with van der Waals surface area (Å²) in [6.07, 6.45) is 4.22. The number of hydrogen-bond donors (Lipinski definition) is 0. The third-order valence-electron chi connectivity index (χ3n) is 1.58. The molecule has 1 aliphatic carbocycles. The fraction of sp³-hybridized carbons (Fsp3) is 0.857. The molecule has 0 unspecified atom stereocenters. The van der Waals surface area contributed by atoms with Gasteiger partial charge in [-0.1, -0.05) is 0 Å². The van der Waals surface area contributed by atoms with Crippen molar-refractivity contribution in [1.29, 1.82) is 0 Å². The van der Waals surface area contributed by atoms with Crippen molar-refractivity contribution in [2.45, 2.75) is 25.4 Å². The van der Waals surface area contributed by atoms with Gasteiger partial charge in [-0.05, 0) is 26.2 Å². The van der Waals surface area contributed by atoms with Crippen molar-refractivity contribution in [2.75, 3.05) is 13.4 Å². The first kappa shape index (κ1) is 7.03. The average Bonchev–Trinajstić information content (AvgIpc) is 1.76. The summed E-state index contributed by atoms with van der Waals surface area (Å²) in [4.78, 5) is 0. The summed E-state index contributed by atoms with van der Waals surface area (Å²) >= 11 is 0. The third-order valence-corrected chi connectivity index (χ3v) is 1.58. The Labute approximate surface area is 56.2 Å². The predicted octanol–water partition coefficient (Wildman–Crippen LogP) is 1.36. The fourth-order valence-electron chi connectivity index (χ4n) is 0.741. The summed E-state index contributed by atoms with van der Waals surface area (Å²) in [5.41, 5.74) is 0. The van der Waals surface area contributed by atoms with Crippen molar-refractivity contribution in [3.63, 3.8) is 0 Å². The summed E-state index contributed by atoms with van der Waals surface area (Å²) in [5.74, 6) is 0. The Morgan fingerprint density at radius 2 is 2.22 bits per heavy atom. The second-order valence-electron chi connectivity index (χ2n) is 2.25. The summed E-state index contributed by atoms with van der Waals surface area (Å²) in [5, 5.41) is 0. The Balaban J connectivity index is 1.80. The molecule has 9 heavy (non-hydrogen) atoms. The minimum atomic E-state index is 0.425. The molecular formula is C7H13O2. The van der Waals surface area contributed by atoms with E-state index in [1.807, 2.05) is 0 Å². The van der Waals surface area contributed by atoms with E-state index in [4.69, 9.17) is 9.47 Å². The molecule has 1 aliphatic rings. The van der Waals surface area contributed by atoms with Gasteiger partial charge in [0.25, 0.3) is 0 Å². The van der Waals surface area contributed by atoms with Crippen molar-refractivity contribution in [2.24, 2.45) is 0 Å². The average molecular weight is 129 g/mol. The Morgan fingerprint density at radius 1 is 1.44 bits per heavy atom. The van der Waals surface area contributed by atoms with Gasteiger partial charge in [0.2, 0.25) is 0 Å². The molecule has 2 heteroatoms. The zero-order valence-corrected chi connectivity index (χ0v) is 5.64. The first-order valence-electron chi connectivity index (χ1n) is 3.42. The van der Waals surface area contributed by atoms with Crippen LogP contribution < -0.4 is 0 Å². The number of ether oxygens (including phenoxy) is 2. The van der Waals surface area contributed by atoms with Crippen LogP contribution in [0, 0.1) is 6.92 Å². The van der Waals surface area contributed by atoms with Crippen LogP contribution in [0.1, 0.15) is 19.3 Å². The molecule has 0 aromatic heterocycles. The van der Waals surface area contributed by atoms with E-state index in [1.54, 1.807) is 0 Å². The molecular weight excluding hydrogens is 116 g/mol. The highest BCUT2D eigenvalue weighted by molar-refractivity contribution is 4.68. The Bertz CT molecular complexity index is 69.3. The molecule has 0 saturated heterocycles. The van der Waals surface area contributed by atoms with Gasteiger partial charge in [-0.2, -0.15) is 0 Å². The molecule has 0 heterocycles. The van der Waals surface area contributed by atoms with Crippen molar-refractivity contribution in [3.8, 4) is 0 Å². The van der Waals surface area contributed by atoms with Gasteiger partial charge in [-0.25, -0.2) is 0 Å². The molecule has 1 fully saturated rings. The molecule has 53 valence electrons. The third kappa shape index (κ3) is 2.33. The van der Waals surface area contributed by atoms with E-state index < -0.39 is 0 Å². The maximum atomic E-state index is 5.26. The van der Waals surface area contributed by atoms with Crippen molar-refractivity contribution < 1.29 is 9.47 Å². The lowest BCUT2D eigenvalue weighted by molar-refractivity contribution is -0.105. The first-order chi connectivity index (χ1) is 4.43. The van der Waals surface area contributed by atoms with E-state index in [1.165, 1.54) is 19.3 Å². The predicted molar refractivity (Wildman–Crippen MR) is 34.9 cm³/mol. The maximum Gasteiger partial charge on any atom is 0.147 e. The molecule has 0 amide bonds. The lowest BCUT2D eigenvalue weighted by Crippen LogP contribution is -2.22. The monoisotopic (exact) mass is 129 g/mol. The summed E-state index contributed by atoms with van der Waals surface area (Å²) in [6.45, 7) is 4.46. The van der Waals surface area contributed by atoms with Crippen molar-refractivity contribution in [3.05, 3.63) is 6.92 Å². The van der Waals surface area contributed by atoms with Crippen LogP contribution in [0.25, 0.3) is 0 Å². The molecule has 0 bridgehead atoms. The largest absolute Gasteiger partial charge is 0.355 e. The number of rotatable bonds is 4. The lowest BCUT2D eigenvalue weighted by Gasteiger charge is -2.24. The molecule has 0 aromatic rings. The van der Waals surface area contributed by atoms with Crippen molar-refractivity contribution in [1.82, 2.24) is 0 Å². The van der Waals surface area contributed by atoms with Gasteiger partial charge >= 0.3 is 0 Å². The van der Waals surface area contributed by atoms with Gasteiger partial charge in [0.05, 0.1) is 6.10 Å². The second kappa shape index (κ2) is 3.85. The molecule has 0 N–H and O–H groups in total. The SMILES string of the molecule is [CH2]COCOC1CCC1. The van der Waals surface area contributed by atoms with Crippen LogP contribution in [0.4, 0.5) is 0 Å². The zero-order valence-electron chi connectivity index (χ0n) is 5.64. The highest BCUT2D eigenvalue weighted by Gasteiger charge is 2.16. The van der Waals surface area contributed by atoms with Crippen LogP contribution in [0.2, 0.25) is 0 Å². The minimum absolute atomic E-state index is 0.425. The Morgan fingerprint density at radius 3 is 2.67 bits per heavy atom. The van der Waals surface area contributed by atoms with E-state index in [9.17, 15) is 0 Å². The van der Waals surface area contributed by atoms with Crippen LogP contribution >= 0.6 is 0 Å². The van der Waals surface area contributed by atoms with Gasteiger partial charge in [0.15, 0.2) is 0 Å². The quantitative estimate of drug-likeness (QED) is 0.421. The number of hydrogen-bond acceptors (Lipinski definition) is 2. The molecule has 0 aromatic carbocycles. The minimum Gasteiger partial charge on any atom is -0.355 e. The smallest absolute Gasteiger partial charge is 0.147 e. The van der Waals surface area contributed by atoms with Gasteiger partial charge < -0.3 is 9.47 Å². The van der Waals surface area contributed by atoms with E-state index in [-0.39, 0.29) is 0 Å². The molecule has 1 saturated carbocycles. The van der Waals surface area contributed by atoms with Gasteiger partial charge in [-0.15, -0.1) is 0 Å². The molecule has 0 spiro atoms. The normalized spacial score (nSPS) is 19.7. The Hall–Kier alpha value is -0.0800. The maximum absolute atomic E-state index is 5.26. The topological polar surface area (TPSA) is 18.5 Å². The molecule has 0 atom stereocenters. The summed E-state index contributed by atoms with van der Waals surface area (Å²) in [6, 6.07) is 0. The Kier molecular flexibility index (Phi) is 3.01. The standard InChI is InChI=1S/C7H13O2/c1-2-8-6-9-7-4-3-5-7/h7H,1-6H2. The van der Waals surface area contributed by atoms with E-state index >= 15 is 0 Å². The first-order valence-corrected chi connectivity index (χ1v) is 3.42. The van der Waals surface area contributed by atoms with Crippen LogP contribution in [0.15, 0.2) is 0 Å². The molecule has 0 aliphatic heterocycles. The van der Waals surface area contributed by atoms with Crippen LogP contribution in [0.5, 0.6) is 0 Å². The van der Waals surface area contributed by atoms with Gasteiger partial charge in [0, 0.05) is 6.61 Å². The zero-order chi connectivity index (χ0) is 6.53. The fourth-order valence-corrected chi connectivity index (χ4v) is 0.741. The molecule has 2 nitrogen and oxygen atoms in total. The van der Waals surface area contributed by atoms with Gasteiger partial charge in [-0.3, -0.25) is 0 Å². The highest BCUT2D eigenvalue weighted by atomic mass is 16.7. The van der Waals surface area contributed by atoms with Crippen LogP contribution in [-0.4, -0.2) is 19.5 Å². The van der Waals surface area contributed by atoms with E-state index in [2.05, 4.69) is 6.92 Å². The highest BCUT2D eigenvalue weighted by Crippen LogP contribution is 2.21. The lowest BCUT2D eigenvalue weighted by atomic mass is 9.96. The summed E-state index contributed by atoms with van der Waals surface area (Å²) < 4.78 is 10.2. The summed E-state index contributed by atoms with van der Waals surface area (Å²) in [7, 11) is 0. The van der Waals surface area contributed by atoms with Gasteiger partial charge in [0.1, 0.15) is 6.79 Å². The molecule has 1 radical (unpaired) electrons.